The van der Waals surface area contributed by atoms with Crippen molar-refractivity contribution in [2.75, 3.05) is 0 Å². The van der Waals surface area contributed by atoms with Crippen molar-refractivity contribution in [1.29, 1.82) is 0 Å². The number of fused-ring (bicyclic) bond motifs is 1. The fourth-order valence-corrected chi connectivity index (χ4v) is 4.00. The van der Waals surface area contributed by atoms with Gasteiger partial charge in [-0.15, -0.1) is 0 Å². The number of rotatable bonds is 8. The van der Waals surface area contributed by atoms with Crippen LogP contribution < -0.4 is 16.7 Å². The first-order valence-corrected chi connectivity index (χ1v) is 10.8. The largest absolute Gasteiger partial charge is 0.463 e. The monoisotopic (exact) mass is 439 g/mol. The van der Waals surface area contributed by atoms with Crippen LogP contribution in [0.4, 0.5) is 0 Å². The molecular weight excluding hydrogens is 410 g/mol. The van der Waals surface area contributed by atoms with E-state index in [4.69, 9.17) is 4.74 Å². The van der Waals surface area contributed by atoms with Gasteiger partial charge in [-0.25, -0.2) is 4.79 Å². The van der Waals surface area contributed by atoms with E-state index in [1.54, 1.807) is 20.9 Å². The van der Waals surface area contributed by atoms with Crippen LogP contribution in [-0.2, 0) is 29.7 Å². The summed E-state index contributed by atoms with van der Waals surface area (Å²) in [6, 6.07) is 11.1. The lowest BCUT2D eigenvalue weighted by Gasteiger charge is -2.18. The number of nitrogens with zero attached hydrogens (tertiary/aromatic N) is 3. The van der Waals surface area contributed by atoms with E-state index in [0.717, 1.165) is 10.1 Å². The molecule has 170 valence electrons. The van der Waals surface area contributed by atoms with Gasteiger partial charge in [-0.1, -0.05) is 30.3 Å². The van der Waals surface area contributed by atoms with Crippen molar-refractivity contribution >= 4 is 17.0 Å². The Hall–Kier alpha value is -3.42. The lowest BCUT2D eigenvalue weighted by molar-refractivity contribution is -0.145. The van der Waals surface area contributed by atoms with Gasteiger partial charge in [-0.05, 0) is 38.7 Å². The molecule has 0 N–H and O–H groups in total. The molecule has 1 unspecified atom stereocenters. The highest BCUT2D eigenvalue weighted by Gasteiger charge is 2.18. The van der Waals surface area contributed by atoms with Gasteiger partial charge in [0.1, 0.15) is 11.0 Å². The van der Waals surface area contributed by atoms with Crippen LogP contribution in [0.1, 0.15) is 44.4 Å². The van der Waals surface area contributed by atoms with Gasteiger partial charge in [-0.2, -0.15) is 0 Å². The number of hydrogen-bond donors (Lipinski definition) is 0. The summed E-state index contributed by atoms with van der Waals surface area (Å²) in [5.74, 6) is -0.334. The molecular formula is C24H29N3O5. The summed E-state index contributed by atoms with van der Waals surface area (Å²) in [6.07, 6.45) is 1.63. The number of carbonyl (C=O) groups excluding carboxylic acids is 1. The van der Waals surface area contributed by atoms with Crippen molar-refractivity contribution in [2.45, 2.75) is 59.2 Å². The minimum absolute atomic E-state index is 0.0157. The van der Waals surface area contributed by atoms with Gasteiger partial charge >= 0.3 is 11.7 Å². The summed E-state index contributed by atoms with van der Waals surface area (Å²) in [6.45, 7) is 5.60. The molecule has 0 radical (unpaired) electrons. The average Bonchev–Trinajstić information content (AvgIpc) is 2.73. The van der Waals surface area contributed by atoms with Crippen molar-refractivity contribution < 1.29 is 9.53 Å². The summed E-state index contributed by atoms with van der Waals surface area (Å²) >= 11 is 0. The molecule has 0 aliphatic rings. The second kappa shape index (κ2) is 9.80. The minimum atomic E-state index is -0.567. The van der Waals surface area contributed by atoms with Crippen molar-refractivity contribution in [3.05, 3.63) is 78.7 Å². The molecule has 0 aliphatic carbocycles. The first kappa shape index (κ1) is 23.2. The van der Waals surface area contributed by atoms with Crippen molar-refractivity contribution in [2.24, 2.45) is 7.05 Å². The van der Waals surface area contributed by atoms with Gasteiger partial charge in [-0.3, -0.25) is 23.5 Å². The predicted molar refractivity (Wildman–Crippen MR) is 123 cm³/mol. The van der Waals surface area contributed by atoms with Gasteiger partial charge in [0.2, 0.25) is 0 Å². The van der Waals surface area contributed by atoms with Gasteiger partial charge in [0.05, 0.1) is 6.10 Å². The number of ether oxygens (including phenoxy) is 1. The van der Waals surface area contributed by atoms with Crippen molar-refractivity contribution in [3.63, 3.8) is 0 Å². The number of aromatic nitrogens is 3. The Kier molecular flexibility index (Phi) is 7.12. The first-order chi connectivity index (χ1) is 15.2. The van der Waals surface area contributed by atoms with Gasteiger partial charge in [0, 0.05) is 38.8 Å². The average molecular weight is 440 g/mol. The van der Waals surface area contributed by atoms with E-state index in [0.29, 0.717) is 37.1 Å². The number of benzene rings is 1. The third kappa shape index (κ3) is 4.90. The fraction of sp³-hybridized carbons (Fsp3) is 0.417. The molecule has 8 nitrogen and oxygen atoms in total. The third-order valence-electron chi connectivity index (χ3n) is 5.58. The fourth-order valence-electron chi connectivity index (χ4n) is 4.00. The molecule has 0 saturated carbocycles. The zero-order valence-electron chi connectivity index (χ0n) is 19.0. The maximum Gasteiger partial charge on any atom is 0.332 e. The molecule has 0 saturated heterocycles. The molecule has 1 atom stereocenters. The maximum absolute atomic E-state index is 13.2. The molecule has 0 bridgehead atoms. The summed E-state index contributed by atoms with van der Waals surface area (Å²) in [4.78, 5) is 50.0. The Balaban J connectivity index is 1.98. The van der Waals surface area contributed by atoms with Crippen LogP contribution in [0.25, 0.3) is 11.0 Å². The minimum Gasteiger partial charge on any atom is -0.463 e. The Labute approximate surface area is 185 Å². The van der Waals surface area contributed by atoms with E-state index >= 15 is 0 Å². The van der Waals surface area contributed by atoms with Crippen molar-refractivity contribution in [1.82, 2.24) is 13.7 Å². The van der Waals surface area contributed by atoms with Crippen LogP contribution in [0.2, 0.25) is 0 Å². The summed E-state index contributed by atoms with van der Waals surface area (Å²) in [5.41, 5.74) is 0.593. The van der Waals surface area contributed by atoms with Crippen LogP contribution in [0.5, 0.6) is 0 Å². The second-order valence-electron chi connectivity index (χ2n) is 8.13. The summed E-state index contributed by atoms with van der Waals surface area (Å²) < 4.78 is 9.44. The van der Waals surface area contributed by atoms with E-state index in [2.05, 4.69) is 0 Å². The number of aryl methyl sites for hydroxylation is 2. The molecule has 0 fully saturated rings. The highest BCUT2D eigenvalue weighted by molar-refractivity contribution is 5.75. The summed E-state index contributed by atoms with van der Waals surface area (Å²) in [7, 11) is 1.59. The maximum atomic E-state index is 13.2. The zero-order chi connectivity index (χ0) is 23.4. The lowest BCUT2D eigenvalue weighted by atomic mass is 10.1. The Morgan fingerprint density at radius 1 is 1.06 bits per heavy atom. The number of unbranched alkanes of at least 4 members (excludes halogenated alkanes) is 1. The van der Waals surface area contributed by atoms with Gasteiger partial charge in [0.25, 0.3) is 5.56 Å². The van der Waals surface area contributed by atoms with Crippen LogP contribution in [0.3, 0.4) is 0 Å². The zero-order valence-corrected chi connectivity index (χ0v) is 19.0. The number of pyridine rings is 1. The van der Waals surface area contributed by atoms with E-state index < -0.39 is 11.2 Å². The standard InChI is InChI=1S/C24H29N3O5/c1-16-14-20(29)21-22(27(16)15-19-11-6-5-7-12-19)25(4)24(31)26(23(21)30)13-9-8-10-17(2)32-18(3)28/h5-7,11-12,14,17H,8-10,13,15H2,1-4H3. The third-order valence-corrected chi connectivity index (χ3v) is 5.58. The SMILES string of the molecule is CC(=O)OC(C)CCCCn1c(=O)c2c(=O)cc(C)n(Cc3ccccc3)c2n(C)c1=O. The molecule has 2 heterocycles. The highest BCUT2D eigenvalue weighted by Crippen LogP contribution is 2.12. The molecule has 2 aromatic heterocycles. The van der Waals surface area contributed by atoms with Crippen LogP contribution >= 0.6 is 0 Å². The summed E-state index contributed by atoms with van der Waals surface area (Å²) in [5, 5.41) is 0.0157. The van der Waals surface area contributed by atoms with E-state index in [9.17, 15) is 19.2 Å². The molecule has 0 amide bonds. The second-order valence-corrected chi connectivity index (χ2v) is 8.13. The molecule has 3 rings (SSSR count). The molecule has 8 heteroatoms. The molecule has 3 aromatic rings. The van der Waals surface area contributed by atoms with Crippen LogP contribution in [-0.4, -0.2) is 25.8 Å². The van der Waals surface area contributed by atoms with E-state index in [1.807, 2.05) is 34.9 Å². The Morgan fingerprint density at radius 2 is 1.75 bits per heavy atom. The van der Waals surface area contributed by atoms with Crippen LogP contribution in [0, 0.1) is 6.92 Å². The number of esters is 1. The Morgan fingerprint density at radius 3 is 2.41 bits per heavy atom. The molecule has 0 spiro atoms. The van der Waals surface area contributed by atoms with Crippen LogP contribution in [0.15, 0.2) is 50.8 Å². The van der Waals surface area contributed by atoms with E-state index in [1.165, 1.54) is 17.6 Å². The van der Waals surface area contributed by atoms with E-state index in [-0.39, 0.29) is 29.4 Å². The number of hydrogen-bond acceptors (Lipinski definition) is 5. The molecule has 32 heavy (non-hydrogen) atoms. The Bertz CT molecular complexity index is 1300. The van der Waals surface area contributed by atoms with Gasteiger partial charge in [0.15, 0.2) is 5.43 Å². The molecule has 0 aliphatic heterocycles. The van der Waals surface area contributed by atoms with Gasteiger partial charge < -0.3 is 9.30 Å². The quantitative estimate of drug-likeness (QED) is 0.397. The topological polar surface area (TPSA) is 92.3 Å². The smallest absolute Gasteiger partial charge is 0.332 e. The highest BCUT2D eigenvalue weighted by atomic mass is 16.5. The normalized spacial score (nSPS) is 12.1. The first-order valence-electron chi connectivity index (χ1n) is 10.8. The number of carbonyl (C=O) groups is 1. The lowest BCUT2D eigenvalue weighted by Crippen LogP contribution is -2.42. The predicted octanol–water partition coefficient (Wildman–Crippen LogP) is 2.34. The van der Waals surface area contributed by atoms with Crippen molar-refractivity contribution in [3.8, 4) is 0 Å². The molecule has 1 aromatic carbocycles.